The number of hydrogen-bond donors (Lipinski definition) is 1. The molecule has 7 nitrogen and oxygen atoms in total. The summed E-state index contributed by atoms with van der Waals surface area (Å²) < 4.78 is 7.31. The zero-order valence-electron chi connectivity index (χ0n) is 12.3. The highest BCUT2D eigenvalue weighted by atomic mass is 16.3. The molecular weight excluding hydrogens is 282 g/mol. The normalized spacial score (nSPS) is 18.3. The minimum Gasteiger partial charge on any atom is -0.449 e. The third-order valence-electron chi connectivity index (χ3n) is 3.69. The molecule has 2 aromatic heterocycles. The Balaban J connectivity index is 1.58. The monoisotopic (exact) mass is 299 g/mol. The molecule has 0 aliphatic carbocycles. The van der Waals surface area contributed by atoms with Gasteiger partial charge in [-0.05, 0) is 18.6 Å². The van der Waals surface area contributed by atoms with E-state index in [1.807, 2.05) is 23.0 Å². The smallest absolute Gasteiger partial charge is 0.222 e. The summed E-state index contributed by atoms with van der Waals surface area (Å²) in [4.78, 5) is 13.3. The summed E-state index contributed by atoms with van der Waals surface area (Å²) in [6.45, 7) is 3.97. The van der Waals surface area contributed by atoms with Crippen molar-refractivity contribution in [2.24, 2.45) is 0 Å². The van der Waals surface area contributed by atoms with E-state index >= 15 is 0 Å². The van der Waals surface area contributed by atoms with Crippen molar-refractivity contribution in [3.05, 3.63) is 35.9 Å². The zero-order valence-corrected chi connectivity index (χ0v) is 12.3. The molecule has 1 N–H and O–H groups in total. The first-order valence-corrected chi connectivity index (χ1v) is 7.18. The number of amides is 1. The predicted molar refractivity (Wildman–Crippen MR) is 78.9 cm³/mol. The van der Waals surface area contributed by atoms with Crippen molar-refractivity contribution in [1.82, 2.24) is 14.7 Å². The van der Waals surface area contributed by atoms with Gasteiger partial charge in [0.1, 0.15) is 11.8 Å². The molecule has 0 aromatic carbocycles. The predicted octanol–water partition coefficient (Wildman–Crippen LogP) is 1.75. The maximum atomic E-state index is 11.0. The largest absolute Gasteiger partial charge is 0.449 e. The van der Waals surface area contributed by atoms with E-state index in [1.54, 1.807) is 12.1 Å². The van der Waals surface area contributed by atoms with Crippen LogP contribution in [-0.4, -0.2) is 33.7 Å². The van der Waals surface area contributed by atoms with Crippen LogP contribution in [-0.2, 0) is 11.3 Å². The maximum Gasteiger partial charge on any atom is 0.222 e. The third kappa shape index (κ3) is 3.18. The Morgan fingerprint density at radius 3 is 3.14 bits per heavy atom. The van der Waals surface area contributed by atoms with E-state index in [9.17, 15) is 4.79 Å². The number of carbonyl (C=O) groups is 1. The molecule has 0 bridgehead atoms. The SMILES string of the molecule is CC(=O)Nc1ccn([C@@H]2CCN(Cc3ccc(C#N)o3)C2)n1. The summed E-state index contributed by atoms with van der Waals surface area (Å²) in [5, 5.41) is 15.8. The van der Waals surface area contributed by atoms with Gasteiger partial charge in [0.05, 0.1) is 12.6 Å². The number of hydrogen-bond acceptors (Lipinski definition) is 5. The van der Waals surface area contributed by atoms with Gasteiger partial charge in [0.25, 0.3) is 0 Å². The number of nitrogens with one attached hydrogen (secondary N) is 1. The first kappa shape index (κ1) is 14.4. The molecule has 2 aromatic rings. The molecule has 1 aliphatic rings. The number of rotatable bonds is 4. The van der Waals surface area contributed by atoms with Gasteiger partial charge < -0.3 is 9.73 Å². The topological polar surface area (TPSA) is 87.1 Å². The summed E-state index contributed by atoms with van der Waals surface area (Å²) in [6, 6.07) is 7.61. The summed E-state index contributed by atoms with van der Waals surface area (Å²) >= 11 is 0. The van der Waals surface area contributed by atoms with Gasteiger partial charge in [-0.3, -0.25) is 14.4 Å². The molecule has 1 saturated heterocycles. The number of furan rings is 1. The van der Waals surface area contributed by atoms with Crippen molar-refractivity contribution >= 4 is 11.7 Å². The average molecular weight is 299 g/mol. The lowest BCUT2D eigenvalue weighted by atomic mass is 10.3. The Bertz CT molecular complexity index is 712. The highest BCUT2D eigenvalue weighted by Crippen LogP contribution is 2.23. The fourth-order valence-corrected chi connectivity index (χ4v) is 2.70. The molecular formula is C15H17N5O2. The Morgan fingerprint density at radius 2 is 2.41 bits per heavy atom. The molecule has 1 amide bonds. The number of anilines is 1. The number of likely N-dealkylation sites (tertiary alicyclic amines) is 1. The van der Waals surface area contributed by atoms with Crippen LogP contribution in [0.25, 0.3) is 0 Å². The van der Waals surface area contributed by atoms with E-state index < -0.39 is 0 Å². The minimum atomic E-state index is -0.121. The van der Waals surface area contributed by atoms with Crippen molar-refractivity contribution in [3.63, 3.8) is 0 Å². The first-order chi connectivity index (χ1) is 10.6. The lowest BCUT2D eigenvalue weighted by Gasteiger charge is -2.14. The fraction of sp³-hybridized carbons (Fsp3) is 0.400. The van der Waals surface area contributed by atoms with Crippen LogP contribution in [0.1, 0.15) is 30.9 Å². The van der Waals surface area contributed by atoms with Crippen molar-refractivity contribution in [2.75, 3.05) is 18.4 Å². The second-order valence-corrected chi connectivity index (χ2v) is 5.42. The summed E-state index contributed by atoms with van der Waals surface area (Å²) in [7, 11) is 0. The maximum absolute atomic E-state index is 11.0. The van der Waals surface area contributed by atoms with Gasteiger partial charge in [-0.2, -0.15) is 10.4 Å². The molecule has 3 heterocycles. The Kier molecular flexibility index (Phi) is 3.94. The number of nitriles is 1. The molecule has 0 spiro atoms. The molecule has 22 heavy (non-hydrogen) atoms. The van der Waals surface area contributed by atoms with Crippen molar-refractivity contribution in [3.8, 4) is 6.07 Å². The lowest BCUT2D eigenvalue weighted by Crippen LogP contribution is -2.21. The molecule has 1 aliphatic heterocycles. The minimum absolute atomic E-state index is 0.121. The number of aromatic nitrogens is 2. The Hall–Kier alpha value is -2.59. The summed E-state index contributed by atoms with van der Waals surface area (Å²) in [5.41, 5.74) is 0. The first-order valence-electron chi connectivity index (χ1n) is 7.18. The quantitative estimate of drug-likeness (QED) is 0.929. The number of nitrogens with zero attached hydrogens (tertiary/aromatic N) is 4. The van der Waals surface area contributed by atoms with E-state index in [0.717, 1.165) is 25.3 Å². The van der Waals surface area contributed by atoms with Gasteiger partial charge in [-0.1, -0.05) is 0 Å². The highest BCUT2D eigenvalue weighted by molar-refractivity contribution is 5.87. The summed E-state index contributed by atoms with van der Waals surface area (Å²) in [6.07, 6.45) is 2.88. The van der Waals surface area contributed by atoms with E-state index in [-0.39, 0.29) is 11.9 Å². The molecule has 1 atom stereocenters. The van der Waals surface area contributed by atoms with Crippen LogP contribution >= 0.6 is 0 Å². The van der Waals surface area contributed by atoms with Crippen LogP contribution in [0.15, 0.2) is 28.8 Å². The zero-order chi connectivity index (χ0) is 15.5. The summed E-state index contributed by atoms with van der Waals surface area (Å²) in [5.74, 6) is 1.61. The standard InChI is InChI=1S/C15H17N5O2/c1-11(21)17-15-5-7-20(18-15)12-4-6-19(9-12)10-14-3-2-13(8-16)22-14/h2-3,5,7,12H,4,6,9-10H2,1H3,(H,17,18,21)/t12-/m1/s1. The van der Waals surface area contributed by atoms with Crippen LogP contribution in [0, 0.1) is 11.3 Å². The van der Waals surface area contributed by atoms with Crippen LogP contribution in [0.3, 0.4) is 0 Å². The van der Waals surface area contributed by atoms with Gasteiger partial charge in [0, 0.05) is 32.3 Å². The molecule has 0 unspecified atom stereocenters. The van der Waals surface area contributed by atoms with Crippen molar-refractivity contribution in [2.45, 2.75) is 25.9 Å². The molecule has 7 heteroatoms. The highest BCUT2D eigenvalue weighted by Gasteiger charge is 2.25. The Morgan fingerprint density at radius 1 is 1.55 bits per heavy atom. The van der Waals surface area contributed by atoms with E-state index in [1.165, 1.54) is 6.92 Å². The molecule has 0 saturated carbocycles. The average Bonchev–Trinajstić information content (AvgIpc) is 3.18. The second-order valence-electron chi connectivity index (χ2n) is 5.42. The van der Waals surface area contributed by atoms with E-state index in [4.69, 9.17) is 9.68 Å². The van der Waals surface area contributed by atoms with Gasteiger partial charge in [-0.15, -0.1) is 0 Å². The van der Waals surface area contributed by atoms with Crippen LogP contribution < -0.4 is 5.32 Å². The van der Waals surface area contributed by atoms with Crippen LogP contribution in [0.5, 0.6) is 0 Å². The van der Waals surface area contributed by atoms with Crippen LogP contribution in [0.2, 0.25) is 0 Å². The molecule has 114 valence electrons. The van der Waals surface area contributed by atoms with E-state index in [0.29, 0.717) is 18.1 Å². The van der Waals surface area contributed by atoms with Gasteiger partial charge in [-0.25, -0.2) is 0 Å². The van der Waals surface area contributed by atoms with E-state index in [2.05, 4.69) is 15.3 Å². The van der Waals surface area contributed by atoms with Crippen molar-refractivity contribution in [1.29, 1.82) is 5.26 Å². The number of carbonyl (C=O) groups excluding carboxylic acids is 1. The molecule has 0 radical (unpaired) electrons. The molecule has 3 rings (SSSR count). The molecule has 1 fully saturated rings. The van der Waals surface area contributed by atoms with Gasteiger partial charge in [0.2, 0.25) is 11.7 Å². The lowest BCUT2D eigenvalue weighted by molar-refractivity contribution is -0.114. The van der Waals surface area contributed by atoms with Gasteiger partial charge >= 0.3 is 0 Å². The third-order valence-corrected chi connectivity index (χ3v) is 3.69. The van der Waals surface area contributed by atoms with Gasteiger partial charge in [0.15, 0.2) is 5.82 Å². The Labute approximate surface area is 128 Å². The second kappa shape index (κ2) is 6.03. The van der Waals surface area contributed by atoms with Crippen molar-refractivity contribution < 1.29 is 9.21 Å². The van der Waals surface area contributed by atoms with Crippen LogP contribution in [0.4, 0.5) is 5.82 Å². The fourth-order valence-electron chi connectivity index (χ4n) is 2.70.